The second-order valence-corrected chi connectivity index (χ2v) is 3.65. The molecule has 0 aromatic heterocycles. The van der Waals surface area contributed by atoms with E-state index in [0.717, 1.165) is 4.90 Å². The fraction of sp³-hybridized carbons (Fsp3) is 0.667. The molecule has 0 aromatic carbocycles. The number of urea groups is 1. The monoisotopic (exact) mass is 231 g/mol. The van der Waals surface area contributed by atoms with Crippen LogP contribution in [-0.4, -0.2) is 66.5 Å². The Morgan fingerprint density at radius 1 is 1.25 bits per heavy atom. The molecule has 7 nitrogen and oxygen atoms in total. The summed E-state index contributed by atoms with van der Waals surface area (Å²) in [4.78, 5) is 35.6. The van der Waals surface area contributed by atoms with E-state index in [1.807, 2.05) is 0 Å². The van der Waals surface area contributed by atoms with Crippen LogP contribution in [0.4, 0.5) is 4.79 Å². The number of carboxylic acid groups (broad SMARTS) is 1. The highest BCUT2D eigenvalue weighted by molar-refractivity contribution is 5.86. The number of nitrogens with one attached hydrogen (secondary N) is 1. The first kappa shape index (κ1) is 14.2. The van der Waals surface area contributed by atoms with Gasteiger partial charge in [0.2, 0.25) is 5.91 Å². The van der Waals surface area contributed by atoms with Gasteiger partial charge in [-0.3, -0.25) is 9.59 Å². The second kappa shape index (κ2) is 5.94. The van der Waals surface area contributed by atoms with E-state index in [9.17, 15) is 14.4 Å². The van der Waals surface area contributed by atoms with Crippen molar-refractivity contribution >= 4 is 17.9 Å². The number of hydrogen-bond acceptors (Lipinski definition) is 3. The number of rotatable bonds is 4. The van der Waals surface area contributed by atoms with Crippen molar-refractivity contribution in [3.8, 4) is 0 Å². The molecule has 1 unspecified atom stereocenters. The van der Waals surface area contributed by atoms with Gasteiger partial charge in [-0.2, -0.15) is 0 Å². The highest BCUT2D eigenvalue weighted by atomic mass is 16.4. The van der Waals surface area contributed by atoms with Crippen molar-refractivity contribution < 1.29 is 19.5 Å². The lowest BCUT2D eigenvalue weighted by molar-refractivity contribution is -0.138. The van der Waals surface area contributed by atoms with Gasteiger partial charge in [0.1, 0.15) is 12.6 Å². The van der Waals surface area contributed by atoms with Gasteiger partial charge in [0.25, 0.3) is 0 Å². The lowest BCUT2D eigenvalue weighted by atomic mass is 10.3. The van der Waals surface area contributed by atoms with Crippen molar-refractivity contribution in [2.45, 2.75) is 13.0 Å². The Labute approximate surface area is 94.0 Å². The summed E-state index contributed by atoms with van der Waals surface area (Å²) < 4.78 is 0. The Morgan fingerprint density at radius 3 is 2.12 bits per heavy atom. The number of hydrogen-bond donors (Lipinski definition) is 2. The first-order valence-corrected chi connectivity index (χ1v) is 4.70. The maximum atomic E-state index is 11.4. The zero-order valence-corrected chi connectivity index (χ0v) is 9.85. The van der Waals surface area contributed by atoms with Gasteiger partial charge in [-0.1, -0.05) is 0 Å². The summed E-state index contributed by atoms with van der Waals surface area (Å²) in [6.07, 6.45) is 0. The van der Waals surface area contributed by atoms with E-state index in [0.29, 0.717) is 0 Å². The quantitative estimate of drug-likeness (QED) is 0.662. The SMILES string of the molecule is CC(NC(=O)N(C)CC(=O)N(C)C)C(=O)O. The molecule has 0 radical (unpaired) electrons. The van der Waals surface area contributed by atoms with Gasteiger partial charge in [-0.05, 0) is 6.92 Å². The molecule has 1 atom stereocenters. The molecular weight excluding hydrogens is 214 g/mol. The molecule has 0 rings (SSSR count). The van der Waals surface area contributed by atoms with Gasteiger partial charge in [-0.15, -0.1) is 0 Å². The van der Waals surface area contributed by atoms with Crippen LogP contribution < -0.4 is 5.32 Å². The van der Waals surface area contributed by atoms with Crippen molar-refractivity contribution in [2.75, 3.05) is 27.7 Å². The first-order chi connectivity index (χ1) is 7.25. The van der Waals surface area contributed by atoms with Crippen molar-refractivity contribution in [2.24, 2.45) is 0 Å². The number of carbonyl (C=O) groups excluding carboxylic acids is 2. The molecule has 0 aliphatic rings. The average molecular weight is 231 g/mol. The van der Waals surface area contributed by atoms with Gasteiger partial charge in [0.15, 0.2) is 0 Å². The normalized spacial score (nSPS) is 11.5. The third-order valence-electron chi connectivity index (χ3n) is 1.93. The van der Waals surface area contributed by atoms with Crippen molar-refractivity contribution in [1.29, 1.82) is 0 Å². The maximum absolute atomic E-state index is 11.4. The topological polar surface area (TPSA) is 90.0 Å². The van der Waals surface area contributed by atoms with E-state index >= 15 is 0 Å². The van der Waals surface area contributed by atoms with Crippen molar-refractivity contribution in [3.63, 3.8) is 0 Å². The van der Waals surface area contributed by atoms with Gasteiger partial charge in [0, 0.05) is 21.1 Å². The molecule has 7 heteroatoms. The number of carbonyl (C=O) groups is 3. The Bertz CT molecular complexity index is 290. The third kappa shape index (κ3) is 4.63. The molecule has 3 amide bonds. The second-order valence-electron chi connectivity index (χ2n) is 3.65. The van der Waals surface area contributed by atoms with Gasteiger partial charge < -0.3 is 20.2 Å². The lowest BCUT2D eigenvalue weighted by Crippen LogP contribution is -2.47. The fourth-order valence-electron chi connectivity index (χ4n) is 0.773. The number of nitrogens with zero attached hydrogens (tertiary/aromatic N) is 2. The minimum absolute atomic E-state index is 0.0921. The molecule has 0 aliphatic heterocycles. The predicted molar refractivity (Wildman–Crippen MR) is 57.0 cm³/mol. The first-order valence-electron chi connectivity index (χ1n) is 4.70. The number of likely N-dealkylation sites (N-methyl/N-ethyl adjacent to an activating group) is 2. The van der Waals surface area contributed by atoms with Crippen molar-refractivity contribution in [1.82, 2.24) is 15.1 Å². The maximum Gasteiger partial charge on any atom is 0.325 e. The van der Waals surface area contributed by atoms with E-state index < -0.39 is 18.0 Å². The molecule has 0 aliphatic carbocycles. The minimum Gasteiger partial charge on any atom is -0.480 e. The summed E-state index contributed by atoms with van der Waals surface area (Å²) >= 11 is 0. The Balaban J connectivity index is 4.19. The fourth-order valence-corrected chi connectivity index (χ4v) is 0.773. The molecule has 0 heterocycles. The molecule has 0 bridgehead atoms. The lowest BCUT2D eigenvalue weighted by Gasteiger charge is -2.20. The molecule has 0 saturated carbocycles. The van der Waals surface area contributed by atoms with Crippen LogP contribution in [0.1, 0.15) is 6.92 Å². The largest absolute Gasteiger partial charge is 0.480 e. The molecule has 0 fully saturated rings. The van der Waals surface area contributed by atoms with Crippen LogP contribution in [-0.2, 0) is 9.59 Å². The molecule has 92 valence electrons. The number of amides is 3. The van der Waals surface area contributed by atoms with Crippen LogP contribution in [0.15, 0.2) is 0 Å². The highest BCUT2D eigenvalue weighted by Gasteiger charge is 2.18. The standard InChI is InChI=1S/C9H17N3O4/c1-6(8(14)15)10-9(16)12(4)5-7(13)11(2)3/h6H,5H2,1-4H3,(H,10,16)(H,14,15). The Kier molecular flexibility index (Phi) is 5.27. The van der Waals surface area contributed by atoms with Crippen LogP contribution >= 0.6 is 0 Å². The molecule has 0 aromatic rings. The molecular formula is C9H17N3O4. The highest BCUT2D eigenvalue weighted by Crippen LogP contribution is 1.90. The summed E-state index contributed by atoms with van der Waals surface area (Å²) in [5, 5.41) is 10.8. The average Bonchev–Trinajstić information content (AvgIpc) is 2.16. The smallest absolute Gasteiger partial charge is 0.325 e. The van der Waals surface area contributed by atoms with Gasteiger partial charge in [-0.25, -0.2) is 4.79 Å². The molecule has 2 N–H and O–H groups in total. The zero-order valence-electron chi connectivity index (χ0n) is 9.85. The molecule has 0 saturated heterocycles. The van der Waals surface area contributed by atoms with Crippen LogP contribution in [0.25, 0.3) is 0 Å². The predicted octanol–water partition coefficient (Wildman–Crippen LogP) is -0.811. The Hall–Kier alpha value is -1.79. The third-order valence-corrected chi connectivity index (χ3v) is 1.93. The van der Waals surface area contributed by atoms with E-state index in [1.54, 1.807) is 14.1 Å². The van der Waals surface area contributed by atoms with E-state index in [2.05, 4.69) is 5.32 Å². The van der Waals surface area contributed by atoms with E-state index in [1.165, 1.54) is 18.9 Å². The van der Waals surface area contributed by atoms with Gasteiger partial charge >= 0.3 is 12.0 Å². The van der Waals surface area contributed by atoms with E-state index in [4.69, 9.17) is 5.11 Å². The van der Waals surface area contributed by atoms with Crippen molar-refractivity contribution in [3.05, 3.63) is 0 Å². The summed E-state index contributed by atoms with van der Waals surface area (Å²) in [7, 11) is 4.58. The van der Waals surface area contributed by atoms with Crippen LogP contribution in [0.3, 0.4) is 0 Å². The van der Waals surface area contributed by atoms with Crippen LogP contribution in [0.2, 0.25) is 0 Å². The van der Waals surface area contributed by atoms with Crippen LogP contribution in [0, 0.1) is 0 Å². The van der Waals surface area contributed by atoms with Crippen LogP contribution in [0.5, 0.6) is 0 Å². The Morgan fingerprint density at radius 2 is 1.75 bits per heavy atom. The number of aliphatic carboxylic acids is 1. The minimum atomic E-state index is -1.12. The zero-order chi connectivity index (χ0) is 12.9. The number of carboxylic acids is 1. The molecule has 16 heavy (non-hydrogen) atoms. The molecule has 0 spiro atoms. The summed E-state index contributed by atoms with van der Waals surface area (Å²) in [5.41, 5.74) is 0. The summed E-state index contributed by atoms with van der Waals surface area (Å²) in [6, 6.07) is -1.57. The summed E-state index contributed by atoms with van der Waals surface area (Å²) in [5.74, 6) is -1.36. The van der Waals surface area contributed by atoms with E-state index in [-0.39, 0.29) is 12.5 Å². The van der Waals surface area contributed by atoms with Gasteiger partial charge in [0.05, 0.1) is 0 Å². The summed E-state index contributed by atoms with van der Waals surface area (Å²) in [6.45, 7) is 1.26.